The van der Waals surface area contributed by atoms with Crippen molar-refractivity contribution in [1.29, 1.82) is 0 Å². The van der Waals surface area contributed by atoms with Crippen LogP contribution in [0.15, 0.2) is 23.3 Å². The fraction of sp³-hybridized carbons (Fsp3) is 0.500. The number of hydrogen-bond donors (Lipinski definition) is 2. The highest BCUT2D eigenvalue weighted by atomic mass is 16.2. The Bertz CT molecular complexity index is 613. The standard InChI is InChI=1S/C18H27N3O2/c1-12-7-8-15(13(2)11-12)19-16(22)9-10-17(23)21-20-14(3)18(4,5)6/h7-8,11H,9-10H2,1-6H3,(H,19,22)(H,21,23)/b20-14-. The van der Waals surface area contributed by atoms with Crippen LogP contribution in [-0.2, 0) is 9.59 Å². The normalized spacial score (nSPS) is 12.0. The predicted molar refractivity (Wildman–Crippen MR) is 94.5 cm³/mol. The lowest BCUT2D eigenvalue weighted by Crippen LogP contribution is -2.25. The summed E-state index contributed by atoms with van der Waals surface area (Å²) in [6.07, 6.45) is 0.237. The van der Waals surface area contributed by atoms with Gasteiger partial charge < -0.3 is 5.32 Å². The molecule has 2 N–H and O–H groups in total. The zero-order chi connectivity index (χ0) is 17.6. The Hall–Kier alpha value is -2.17. The Morgan fingerprint density at radius 1 is 1.09 bits per heavy atom. The van der Waals surface area contributed by atoms with Crippen LogP contribution >= 0.6 is 0 Å². The lowest BCUT2D eigenvalue weighted by atomic mass is 9.91. The molecule has 0 spiro atoms. The third-order valence-electron chi connectivity index (χ3n) is 3.67. The molecule has 0 aliphatic rings. The molecule has 0 aliphatic carbocycles. The molecule has 126 valence electrons. The molecule has 5 heteroatoms. The number of anilines is 1. The average Bonchev–Trinajstić information content (AvgIpc) is 2.44. The zero-order valence-electron chi connectivity index (χ0n) is 14.9. The second kappa shape index (κ2) is 7.90. The summed E-state index contributed by atoms with van der Waals surface area (Å²) < 4.78 is 0. The van der Waals surface area contributed by atoms with Gasteiger partial charge in [0.25, 0.3) is 0 Å². The Kier molecular flexibility index (Phi) is 6.49. The van der Waals surface area contributed by atoms with E-state index in [9.17, 15) is 9.59 Å². The van der Waals surface area contributed by atoms with Crippen LogP contribution in [0, 0.1) is 19.3 Å². The highest BCUT2D eigenvalue weighted by Gasteiger charge is 2.15. The van der Waals surface area contributed by atoms with Crippen molar-refractivity contribution in [2.24, 2.45) is 10.5 Å². The van der Waals surface area contributed by atoms with E-state index in [1.807, 2.05) is 59.7 Å². The molecule has 23 heavy (non-hydrogen) atoms. The van der Waals surface area contributed by atoms with Crippen LogP contribution in [0.3, 0.4) is 0 Å². The number of carbonyl (C=O) groups is 2. The van der Waals surface area contributed by atoms with Gasteiger partial charge >= 0.3 is 0 Å². The Morgan fingerprint density at radius 2 is 1.70 bits per heavy atom. The average molecular weight is 317 g/mol. The van der Waals surface area contributed by atoms with Gasteiger partial charge in [-0.15, -0.1) is 0 Å². The first kappa shape index (κ1) is 18.9. The van der Waals surface area contributed by atoms with Gasteiger partial charge in [0.05, 0.1) is 0 Å². The summed E-state index contributed by atoms with van der Waals surface area (Å²) in [5.41, 5.74) is 6.18. The zero-order valence-corrected chi connectivity index (χ0v) is 14.9. The quantitative estimate of drug-likeness (QED) is 0.644. The molecular formula is C18H27N3O2. The molecule has 1 rings (SSSR count). The van der Waals surface area contributed by atoms with Gasteiger partial charge in [-0.2, -0.15) is 5.10 Å². The molecular weight excluding hydrogens is 290 g/mol. The first-order valence-corrected chi connectivity index (χ1v) is 7.80. The number of carbonyl (C=O) groups excluding carboxylic acids is 2. The van der Waals surface area contributed by atoms with Crippen LogP contribution in [0.2, 0.25) is 0 Å². The third kappa shape index (κ3) is 6.63. The molecule has 0 radical (unpaired) electrons. The first-order chi connectivity index (χ1) is 10.6. The number of nitrogens with one attached hydrogen (secondary N) is 2. The summed E-state index contributed by atoms with van der Waals surface area (Å²) in [5, 5.41) is 6.89. The number of amides is 2. The smallest absolute Gasteiger partial charge is 0.240 e. The van der Waals surface area contributed by atoms with Crippen molar-refractivity contribution in [3.05, 3.63) is 29.3 Å². The molecule has 0 fully saturated rings. The van der Waals surface area contributed by atoms with Gasteiger partial charge in [0.2, 0.25) is 11.8 Å². The Morgan fingerprint density at radius 3 is 2.26 bits per heavy atom. The maximum absolute atomic E-state index is 11.9. The van der Waals surface area contributed by atoms with Crippen LogP contribution in [0.1, 0.15) is 51.7 Å². The predicted octanol–water partition coefficient (Wildman–Crippen LogP) is 3.56. The molecule has 0 saturated carbocycles. The van der Waals surface area contributed by atoms with E-state index >= 15 is 0 Å². The van der Waals surface area contributed by atoms with Gasteiger partial charge in [-0.1, -0.05) is 38.5 Å². The summed E-state index contributed by atoms with van der Waals surface area (Å²) in [7, 11) is 0. The van der Waals surface area contributed by atoms with Crippen molar-refractivity contribution in [1.82, 2.24) is 5.43 Å². The Balaban J connectivity index is 2.45. The van der Waals surface area contributed by atoms with E-state index in [0.717, 1.165) is 22.5 Å². The molecule has 0 bridgehead atoms. The summed E-state index contributed by atoms with van der Waals surface area (Å²) in [6, 6.07) is 5.82. The van der Waals surface area contributed by atoms with E-state index in [4.69, 9.17) is 0 Å². The van der Waals surface area contributed by atoms with Crippen LogP contribution in [0.4, 0.5) is 5.69 Å². The second-order valence-corrected chi connectivity index (χ2v) is 6.85. The third-order valence-corrected chi connectivity index (χ3v) is 3.67. The van der Waals surface area contributed by atoms with Crippen molar-refractivity contribution in [3.8, 4) is 0 Å². The van der Waals surface area contributed by atoms with Gasteiger partial charge in [0.1, 0.15) is 0 Å². The maximum Gasteiger partial charge on any atom is 0.240 e. The molecule has 5 nitrogen and oxygen atoms in total. The lowest BCUT2D eigenvalue weighted by Gasteiger charge is -2.17. The van der Waals surface area contributed by atoms with E-state index in [1.165, 1.54) is 0 Å². The number of nitrogens with zero attached hydrogens (tertiary/aromatic N) is 1. The van der Waals surface area contributed by atoms with Crippen LogP contribution in [-0.4, -0.2) is 17.5 Å². The minimum absolute atomic E-state index is 0.0897. The van der Waals surface area contributed by atoms with Gasteiger partial charge in [-0.05, 0) is 32.4 Å². The van der Waals surface area contributed by atoms with E-state index in [1.54, 1.807) is 0 Å². The molecule has 0 atom stereocenters. The minimum Gasteiger partial charge on any atom is -0.326 e. The van der Waals surface area contributed by atoms with E-state index < -0.39 is 0 Å². The molecule has 0 aliphatic heterocycles. The molecule has 0 heterocycles. The van der Waals surface area contributed by atoms with Gasteiger partial charge in [-0.25, -0.2) is 5.43 Å². The molecule has 2 amide bonds. The number of aryl methyl sites for hydroxylation is 2. The largest absolute Gasteiger partial charge is 0.326 e. The van der Waals surface area contributed by atoms with Crippen LogP contribution in [0.25, 0.3) is 0 Å². The number of rotatable bonds is 5. The molecule has 0 unspecified atom stereocenters. The number of hydrazone groups is 1. The van der Waals surface area contributed by atoms with Gasteiger partial charge in [0, 0.05) is 29.7 Å². The molecule has 0 saturated heterocycles. The van der Waals surface area contributed by atoms with Crippen molar-refractivity contribution < 1.29 is 9.59 Å². The fourth-order valence-electron chi connectivity index (χ4n) is 1.76. The summed E-state index contributed by atoms with van der Waals surface area (Å²) in [6.45, 7) is 11.9. The van der Waals surface area contributed by atoms with E-state index in [-0.39, 0.29) is 30.1 Å². The molecule has 1 aromatic rings. The number of benzene rings is 1. The van der Waals surface area contributed by atoms with Crippen molar-refractivity contribution >= 4 is 23.2 Å². The van der Waals surface area contributed by atoms with Crippen LogP contribution in [0.5, 0.6) is 0 Å². The van der Waals surface area contributed by atoms with E-state index in [2.05, 4.69) is 15.8 Å². The lowest BCUT2D eigenvalue weighted by molar-refractivity contribution is -0.124. The minimum atomic E-state index is -0.260. The molecule has 0 aromatic heterocycles. The van der Waals surface area contributed by atoms with Crippen molar-refractivity contribution in [2.45, 2.75) is 54.4 Å². The van der Waals surface area contributed by atoms with Crippen molar-refractivity contribution in [3.63, 3.8) is 0 Å². The highest BCUT2D eigenvalue weighted by molar-refractivity contribution is 5.94. The summed E-state index contributed by atoms with van der Waals surface area (Å²) in [4.78, 5) is 23.7. The second-order valence-electron chi connectivity index (χ2n) is 6.85. The summed E-state index contributed by atoms with van der Waals surface area (Å²) in [5.74, 6) is -0.437. The molecule has 1 aromatic carbocycles. The van der Waals surface area contributed by atoms with E-state index in [0.29, 0.717) is 0 Å². The monoisotopic (exact) mass is 317 g/mol. The SMILES string of the molecule is C/C(=N/NC(=O)CCC(=O)Nc1ccc(C)cc1C)C(C)(C)C. The van der Waals surface area contributed by atoms with Gasteiger partial charge in [-0.3, -0.25) is 9.59 Å². The highest BCUT2D eigenvalue weighted by Crippen LogP contribution is 2.16. The van der Waals surface area contributed by atoms with Crippen LogP contribution < -0.4 is 10.7 Å². The fourth-order valence-corrected chi connectivity index (χ4v) is 1.76. The van der Waals surface area contributed by atoms with Gasteiger partial charge in [0.15, 0.2) is 0 Å². The topological polar surface area (TPSA) is 70.6 Å². The summed E-state index contributed by atoms with van der Waals surface area (Å²) >= 11 is 0. The number of hydrogen-bond acceptors (Lipinski definition) is 3. The Labute approximate surface area is 138 Å². The maximum atomic E-state index is 11.9. The van der Waals surface area contributed by atoms with Crippen molar-refractivity contribution in [2.75, 3.05) is 5.32 Å². The first-order valence-electron chi connectivity index (χ1n) is 7.80.